The van der Waals surface area contributed by atoms with Crippen LogP contribution in [0.2, 0.25) is 0 Å². The number of anilines is 1. The number of rotatable bonds is 4. The highest BCUT2D eigenvalue weighted by Gasteiger charge is 2.21. The molecule has 6 nitrogen and oxygen atoms in total. The molecule has 1 aromatic rings. The molecule has 0 saturated heterocycles. The first-order valence-electron chi connectivity index (χ1n) is 5.16. The van der Waals surface area contributed by atoms with Crippen LogP contribution in [0, 0.1) is 13.8 Å². The number of ether oxygens (including phenoxy) is 1. The van der Waals surface area contributed by atoms with E-state index in [0.717, 1.165) is 10.4 Å². The van der Waals surface area contributed by atoms with Gasteiger partial charge >= 0.3 is 5.97 Å². The molecule has 0 aromatic carbocycles. The molecule has 0 unspecified atom stereocenters. The molecule has 1 aromatic heterocycles. The molecule has 7 heteroatoms. The summed E-state index contributed by atoms with van der Waals surface area (Å²) in [7, 11) is 0. The summed E-state index contributed by atoms with van der Waals surface area (Å²) in [5.41, 5.74) is 5.89. The maximum Gasteiger partial charge on any atom is 0.341 e. The van der Waals surface area contributed by atoms with Crippen molar-refractivity contribution in [2.24, 2.45) is 5.73 Å². The topological polar surface area (TPSA) is 98.5 Å². The minimum atomic E-state index is -0.728. The lowest BCUT2D eigenvalue weighted by Gasteiger charge is -2.05. The molecule has 1 heterocycles. The lowest BCUT2D eigenvalue weighted by molar-refractivity contribution is -0.121. The van der Waals surface area contributed by atoms with E-state index in [9.17, 15) is 14.4 Å². The van der Waals surface area contributed by atoms with Crippen LogP contribution in [-0.4, -0.2) is 24.4 Å². The van der Waals surface area contributed by atoms with Crippen molar-refractivity contribution in [3.63, 3.8) is 0 Å². The first-order chi connectivity index (χ1) is 8.32. The molecule has 0 atom stereocenters. The average molecular weight is 270 g/mol. The Morgan fingerprint density at radius 1 is 1.33 bits per heavy atom. The first kappa shape index (κ1) is 14.2. The van der Waals surface area contributed by atoms with Crippen molar-refractivity contribution in [1.82, 2.24) is 0 Å². The Labute approximate surface area is 108 Å². The molecule has 0 fully saturated rings. The third-order valence-electron chi connectivity index (χ3n) is 2.22. The van der Waals surface area contributed by atoms with Crippen molar-refractivity contribution >= 4 is 34.1 Å². The van der Waals surface area contributed by atoms with Gasteiger partial charge in [-0.3, -0.25) is 9.59 Å². The molecule has 0 saturated carbocycles. The van der Waals surface area contributed by atoms with Gasteiger partial charge in [0.25, 0.3) is 5.91 Å². The monoisotopic (exact) mass is 270 g/mol. The number of hydrogen-bond acceptors (Lipinski definition) is 5. The Morgan fingerprint density at radius 2 is 1.94 bits per heavy atom. The van der Waals surface area contributed by atoms with Crippen molar-refractivity contribution in [3.8, 4) is 0 Å². The fraction of sp³-hybridized carbons (Fsp3) is 0.364. The predicted octanol–water partition coefficient (Wildman–Crippen LogP) is 0.965. The van der Waals surface area contributed by atoms with Crippen LogP contribution in [0.25, 0.3) is 0 Å². The number of hydrogen-bond donors (Lipinski definition) is 2. The second kappa shape index (κ2) is 5.63. The van der Waals surface area contributed by atoms with E-state index in [-0.39, 0.29) is 11.5 Å². The third kappa shape index (κ3) is 3.30. The zero-order valence-electron chi connectivity index (χ0n) is 10.3. The molecule has 2 amide bonds. The van der Waals surface area contributed by atoms with Crippen molar-refractivity contribution in [3.05, 3.63) is 16.0 Å². The van der Waals surface area contributed by atoms with Crippen molar-refractivity contribution in [2.75, 3.05) is 11.9 Å². The fourth-order valence-electron chi connectivity index (χ4n) is 1.33. The average Bonchev–Trinajstić information content (AvgIpc) is 2.50. The van der Waals surface area contributed by atoms with Gasteiger partial charge in [-0.25, -0.2) is 4.79 Å². The number of carbonyl (C=O) groups is 3. The Morgan fingerprint density at radius 3 is 2.44 bits per heavy atom. The molecular weight excluding hydrogens is 256 g/mol. The van der Waals surface area contributed by atoms with Crippen LogP contribution in [0.15, 0.2) is 0 Å². The molecule has 1 rings (SSSR count). The number of amides is 2. The summed E-state index contributed by atoms with van der Waals surface area (Å²) in [6, 6.07) is 0. The summed E-state index contributed by atoms with van der Waals surface area (Å²) in [6.45, 7) is 4.45. The number of thiophene rings is 1. The van der Waals surface area contributed by atoms with Gasteiger partial charge in [0, 0.05) is 11.8 Å². The van der Waals surface area contributed by atoms with Crippen LogP contribution in [0.1, 0.15) is 27.7 Å². The van der Waals surface area contributed by atoms with Crippen LogP contribution in [0.3, 0.4) is 0 Å². The number of aryl methyl sites for hydroxylation is 1. The molecule has 0 bridgehead atoms. The number of nitrogens with two attached hydrogens (primary N) is 1. The summed E-state index contributed by atoms with van der Waals surface area (Å²) in [5.74, 6) is -1.67. The molecular formula is C11H14N2O4S. The van der Waals surface area contributed by atoms with Crippen LogP contribution in [-0.2, 0) is 14.3 Å². The number of esters is 1. The summed E-state index contributed by atoms with van der Waals surface area (Å²) < 4.78 is 4.75. The number of primary amides is 1. The van der Waals surface area contributed by atoms with Crippen LogP contribution < -0.4 is 11.1 Å². The first-order valence-corrected chi connectivity index (χ1v) is 5.97. The zero-order valence-corrected chi connectivity index (χ0v) is 11.1. The van der Waals surface area contributed by atoms with E-state index in [4.69, 9.17) is 10.5 Å². The minimum Gasteiger partial charge on any atom is -0.452 e. The highest BCUT2D eigenvalue weighted by molar-refractivity contribution is 7.16. The number of nitrogens with one attached hydrogen (secondary N) is 1. The lowest BCUT2D eigenvalue weighted by atomic mass is 10.1. The van der Waals surface area contributed by atoms with Crippen LogP contribution in [0.5, 0.6) is 0 Å². The maximum absolute atomic E-state index is 11.8. The smallest absolute Gasteiger partial charge is 0.341 e. The van der Waals surface area contributed by atoms with Gasteiger partial charge in [-0.15, -0.1) is 11.3 Å². The molecule has 18 heavy (non-hydrogen) atoms. The Balaban J connectivity index is 3.01. The fourth-order valence-corrected chi connectivity index (χ4v) is 2.42. The Bertz CT molecular complexity index is 507. The van der Waals surface area contributed by atoms with Gasteiger partial charge in [-0.05, 0) is 19.4 Å². The van der Waals surface area contributed by atoms with Gasteiger partial charge in [0.2, 0.25) is 5.91 Å². The zero-order chi connectivity index (χ0) is 13.9. The molecule has 98 valence electrons. The second-order valence-corrected chi connectivity index (χ2v) is 4.94. The SMILES string of the molecule is CC(=O)Nc1sc(C)c(C)c1C(=O)OCC(N)=O. The standard InChI is InChI=1S/C11H14N2O4S/c1-5-6(2)18-10(13-7(3)14)9(5)11(16)17-4-8(12)15/h4H2,1-3H3,(H2,12,15)(H,13,14). The van der Waals surface area contributed by atoms with Gasteiger partial charge in [0.15, 0.2) is 6.61 Å². The normalized spacial score (nSPS) is 9.94. The quantitative estimate of drug-likeness (QED) is 0.796. The Hall–Kier alpha value is -1.89. The molecule has 0 aliphatic carbocycles. The Kier molecular flexibility index (Phi) is 4.43. The second-order valence-electron chi connectivity index (χ2n) is 3.71. The van der Waals surface area contributed by atoms with Crippen molar-refractivity contribution in [2.45, 2.75) is 20.8 Å². The van der Waals surface area contributed by atoms with Gasteiger partial charge in [-0.1, -0.05) is 0 Å². The number of carbonyl (C=O) groups excluding carboxylic acids is 3. The van der Waals surface area contributed by atoms with E-state index in [1.54, 1.807) is 6.92 Å². The minimum absolute atomic E-state index is 0.272. The van der Waals surface area contributed by atoms with E-state index in [0.29, 0.717) is 5.00 Å². The van der Waals surface area contributed by atoms with E-state index < -0.39 is 18.5 Å². The highest BCUT2D eigenvalue weighted by Crippen LogP contribution is 2.32. The summed E-state index contributed by atoms with van der Waals surface area (Å²) >= 11 is 1.28. The van der Waals surface area contributed by atoms with Crippen LogP contribution >= 0.6 is 11.3 Å². The lowest BCUT2D eigenvalue weighted by Crippen LogP contribution is -2.21. The third-order valence-corrected chi connectivity index (χ3v) is 3.35. The van der Waals surface area contributed by atoms with Gasteiger partial charge < -0.3 is 15.8 Å². The van der Waals surface area contributed by atoms with E-state index >= 15 is 0 Å². The summed E-state index contributed by atoms with van der Waals surface area (Å²) in [4.78, 5) is 34.3. The van der Waals surface area contributed by atoms with E-state index in [1.807, 2.05) is 6.92 Å². The van der Waals surface area contributed by atoms with Crippen molar-refractivity contribution < 1.29 is 19.1 Å². The van der Waals surface area contributed by atoms with Gasteiger partial charge in [0.05, 0.1) is 5.56 Å². The summed E-state index contributed by atoms with van der Waals surface area (Å²) in [6.07, 6.45) is 0. The highest BCUT2D eigenvalue weighted by atomic mass is 32.1. The van der Waals surface area contributed by atoms with Gasteiger partial charge in [0.1, 0.15) is 5.00 Å². The maximum atomic E-state index is 11.8. The summed E-state index contributed by atoms with van der Waals surface area (Å²) in [5, 5.41) is 2.99. The van der Waals surface area contributed by atoms with E-state index in [2.05, 4.69) is 5.32 Å². The molecule has 0 aliphatic heterocycles. The molecule has 3 N–H and O–H groups in total. The van der Waals surface area contributed by atoms with Gasteiger partial charge in [-0.2, -0.15) is 0 Å². The molecule has 0 spiro atoms. The van der Waals surface area contributed by atoms with Crippen molar-refractivity contribution in [1.29, 1.82) is 0 Å². The molecule has 0 aliphatic rings. The predicted molar refractivity (Wildman–Crippen MR) is 67.6 cm³/mol. The van der Waals surface area contributed by atoms with Crippen LogP contribution in [0.4, 0.5) is 5.00 Å². The largest absolute Gasteiger partial charge is 0.452 e. The molecule has 0 radical (unpaired) electrons. The van der Waals surface area contributed by atoms with E-state index in [1.165, 1.54) is 18.3 Å².